The standard InChI is InChI=1S/C17H16F2O4/c1-2-21-16-9-12(10-20)7-8-15(16)22-11-13-5-3-4-6-14(13)23-17(18)19/h3-10,17H,2,11H2,1H3. The number of aldehydes is 1. The average Bonchev–Trinajstić information content (AvgIpc) is 2.54. The maximum atomic E-state index is 12.4. The van der Waals surface area contributed by atoms with Gasteiger partial charge < -0.3 is 14.2 Å². The first-order valence-electron chi connectivity index (χ1n) is 7.01. The van der Waals surface area contributed by atoms with Crippen molar-refractivity contribution in [1.29, 1.82) is 0 Å². The van der Waals surface area contributed by atoms with Crippen LogP contribution in [-0.2, 0) is 6.61 Å². The molecule has 0 radical (unpaired) electrons. The van der Waals surface area contributed by atoms with E-state index in [2.05, 4.69) is 4.74 Å². The summed E-state index contributed by atoms with van der Waals surface area (Å²) in [5.74, 6) is 0.902. The number of ether oxygens (including phenoxy) is 3. The van der Waals surface area contributed by atoms with Crippen molar-refractivity contribution in [3.05, 3.63) is 53.6 Å². The monoisotopic (exact) mass is 322 g/mol. The maximum absolute atomic E-state index is 12.4. The van der Waals surface area contributed by atoms with Crippen LogP contribution in [-0.4, -0.2) is 19.5 Å². The van der Waals surface area contributed by atoms with Gasteiger partial charge in [-0.3, -0.25) is 4.79 Å². The van der Waals surface area contributed by atoms with Crippen molar-refractivity contribution in [2.24, 2.45) is 0 Å². The fraction of sp³-hybridized carbons (Fsp3) is 0.235. The third-order valence-corrected chi connectivity index (χ3v) is 2.98. The molecular formula is C17H16F2O4. The Morgan fingerprint density at radius 2 is 1.83 bits per heavy atom. The highest BCUT2D eigenvalue weighted by Gasteiger charge is 2.11. The molecular weight excluding hydrogens is 306 g/mol. The Morgan fingerprint density at radius 1 is 1.04 bits per heavy atom. The smallest absolute Gasteiger partial charge is 0.387 e. The molecule has 4 nitrogen and oxygen atoms in total. The van der Waals surface area contributed by atoms with Crippen LogP contribution in [0.4, 0.5) is 8.78 Å². The predicted octanol–water partition coefficient (Wildman–Crippen LogP) is 4.08. The van der Waals surface area contributed by atoms with Crippen LogP contribution in [0.1, 0.15) is 22.8 Å². The van der Waals surface area contributed by atoms with Gasteiger partial charge in [0.15, 0.2) is 11.5 Å². The van der Waals surface area contributed by atoms with Crippen LogP contribution in [0.5, 0.6) is 17.2 Å². The summed E-state index contributed by atoms with van der Waals surface area (Å²) in [5, 5.41) is 0. The molecule has 0 spiro atoms. The van der Waals surface area contributed by atoms with Gasteiger partial charge in [0.05, 0.1) is 6.61 Å². The van der Waals surface area contributed by atoms with Crippen LogP contribution in [0.25, 0.3) is 0 Å². The van der Waals surface area contributed by atoms with E-state index < -0.39 is 6.61 Å². The van der Waals surface area contributed by atoms with E-state index in [4.69, 9.17) is 9.47 Å². The summed E-state index contributed by atoms with van der Waals surface area (Å²) in [6.45, 7) is -0.655. The third-order valence-electron chi connectivity index (χ3n) is 2.98. The number of carbonyl (C=O) groups is 1. The lowest BCUT2D eigenvalue weighted by Crippen LogP contribution is -2.06. The van der Waals surface area contributed by atoms with Crippen LogP contribution in [0.15, 0.2) is 42.5 Å². The van der Waals surface area contributed by atoms with Crippen LogP contribution < -0.4 is 14.2 Å². The molecule has 0 aliphatic carbocycles. The van der Waals surface area contributed by atoms with Crippen molar-refractivity contribution in [1.82, 2.24) is 0 Å². The molecule has 0 N–H and O–H groups in total. The number of rotatable bonds is 8. The van der Waals surface area contributed by atoms with Crippen LogP contribution in [0.3, 0.4) is 0 Å². The largest absolute Gasteiger partial charge is 0.490 e. The minimum atomic E-state index is -2.90. The van der Waals surface area contributed by atoms with Gasteiger partial charge in [0.2, 0.25) is 0 Å². The molecule has 0 heterocycles. The molecule has 0 amide bonds. The molecule has 2 rings (SSSR count). The molecule has 0 aromatic heterocycles. The summed E-state index contributed by atoms with van der Waals surface area (Å²) in [4.78, 5) is 10.8. The fourth-order valence-corrected chi connectivity index (χ4v) is 1.98. The summed E-state index contributed by atoms with van der Waals surface area (Å²) in [7, 11) is 0. The summed E-state index contributed by atoms with van der Waals surface area (Å²) < 4.78 is 40.3. The Morgan fingerprint density at radius 3 is 2.52 bits per heavy atom. The van der Waals surface area contributed by atoms with E-state index in [1.807, 2.05) is 6.92 Å². The van der Waals surface area contributed by atoms with Gasteiger partial charge in [-0.05, 0) is 31.2 Å². The Hall–Kier alpha value is -2.63. The minimum absolute atomic E-state index is 0.0312. The molecule has 23 heavy (non-hydrogen) atoms. The number of hydrogen-bond donors (Lipinski definition) is 0. The molecule has 0 bridgehead atoms. The van der Waals surface area contributed by atoms with Crippen LogP contribution in [0, 0.1) is 0 Å². The van der Waals surface area contributed by atoms with Crippen molar-refractivity contribution in [3.63, 3.8) is 0 Å². The first-order valence-corrected chi connectivity index (χ1v) is 7.01. The topological polar surface area (TPSA) is 44.8 Å². The van der Waals surface area contributed by atoms with E-state index >= 15 is 0 Å². The van der Waals surface area contributed by atoms with E-state index in [-0.39, 0.29) is 12.4 Å². The lowest BCUT2D eigenvalue weighted by Gasteiger charge is -2.14. The lowest BCUT2D eigenvalue weighted by molar-refractivity contribution is -0.0508. The Labute approximate surface area is 132 Å². The molecule has 0 unspecified atom stereocenters. The first-order chi connectivity index (χ1) is 11.1. The Balaban J connectivity index is 2.16. The highest BCUT2D eigenvalue weighted by molar-refractivity contribution is 5.76. The number of benzene rings is 2. The molecule has 0 fully saturated rings. The molecule has 0 aliphatic heterocycles. The van der Waals surface area contributed by atoms with E-state index in [9.17, 15) is 13.6 Å². The number of hydrogen-bond acceptors (Lipinski definition) is 4. The fourth-order valence-electron chi connectivity index (χ4n) is 1.98. The number of halogens is 2. The van der Waals surface area contributed by atoms with Crippen molar-refractivity contribution in [2.45, 2.75) is 20.1 Å². The average molecular weight is 322 g/mol. The van der Waals surface area contributed by atoms with Crippen molar-refractivity contribution in [2.75, 3.05) is 6.61 Å². The highest BCUT2D eigenvalue weighted by atomic mass is 19.3. The molecule has 122 valence electrons. The highest BCUT2D eigenvalue weighted by Crippen LogP contribution is 2.30. The number of alkyl halides is 2. The Kier molecular flexibility index (Phi) is 5.91. The van der Waals surface area contributed by atoms with Gasteiger partial charge in [-0.15, -0.1) is 0 Å². The lowest BCUT2D eigenvalue weighted by atomic mass is 10.2. The second-order valence-electron chi connectivity index (χ2n) is 4.53. The van der Waals surface area contributed by atoms with Gasteiger partial charge in [0, 0.05) is 11.1 Å². The van der Waals surface area contributed by atoms with Gasteiger partial charge in [-0.1, -0.05) is 18.2 Å². The second-order valence-corrected chi connectivity index (χ2v) is 4.53. The molecule has 0 saturated carbocycles. The zero-order chi connectivity index (χ0) is 16.7. The zero-order valence-corrected chi connectivity index (χ0v) is 12.5. The van der Waals surface area contributed by atoms with E-state index in [0.29, 0.717) is 35.5 Å². The normalized spacial score (nSPS) is 10.4. The number of para-hydroxylation sites is 1. The van der Waals surface area contributed by atoms with Crippen molar-refractivity contribution >= 4 is 6.29 Å². The van der Waals surface area contributed by atoms with Gasteiger partial charge in [-0.25, -0.2) is 0 Å². The third kappa shape index (κ3) is 4.67. The van der Waals surface area contributed by atoms with Gasteiger partial charge in [-0.2, -0.15) is 8.78 Å². The molecule has 2 aromatic carbocycles. The van der Waals surface area contributed by atoms with Crippen molar-refractivity contribution in [3.8, 4) is 17.2 Å². The first kappa shape index (κ1) is 16.7. The summed E-state index contributed by atoms with van der Waals surface area (Å²) in [5.41, 5.74) is 0.942. The SMILES string of the molecule is CCOc1cc(C=O)ccc1OCc1ccccc1OC(F)F. The summed E-state index contributed by atoms with van der Waals surface area (Å²) in [6, 6.07) is 11.1. The molecule has 2 aromatic rings. The molecule has 6 heteroatoms. The van der Waals surface area contributed by atoms with E-state index in [1.54, 1.807) is 36.4 Å². The minimum Gasteiger partial charge on any atom is -0.490 e. The van der Waals surface area contributed by atoms with E-state index in [1.165, 1.54) is 6.07 Å². The maximum Gasteiger partial charge on any atom is 0.387 e. The summed E-state index contributed by atoms with van der Waals surface area (Å²) in [6.07, 6.45) is 0.706. The van der Waals surface area contributed by atoms with E-state index in [0.717, 1.165) is 0 Å². The van der Waals surface area contributed by atoms with Crippen LogP contribution in [0.2, 0.25) is 0 Å². The summed E-state index contributed by atoms with van der Waals surface area (Å²) >= 11 is 0. The van der Waals surface area contributed by atoms with Gasteiger partial charge in [0.1, 0.15) is 18.6 Å². The second kappa shape index (κ2) is 8.12. The molecule has 0 saturated heterocycles. The molecule has 0 atom stereocenters. The predicted molar refractivity (Wildman–Crippen MR) is 80.4 cm³/mol. The Bertz CT molecular complexity index is 659. The zero-order valence-electron chi connectivity index (χ0n) is 12.5. The number of carbonyl (C=O) groups excluding carboxylic acids is 1. The van der Waals surface area contributed by atoms with Crippen LogP contribution >= 0.6 is 0 Å². The molecule has 0 aliphatic rings. The van der Waals surface area contributed by atoms with Gasteiger partial charge >= 0.3 is 6.61 Å². The quantitative estimate of drug-likeness (QED) is 0.687. The van der Waals surface area contributed by atoms with Gasteiger partial charge in [0.25, 0.3) is 0 Å². The van der Waals surface area contributed by atoms with Crippen molar-refractivity contribution < 1.29 is 27.8 Å².